The number of nitrogen functional groups attached to an aromatic ring is 1. The maximum atomic E-state index is 9.09. The van der Waals surface area contributed by atoms with E-state index in [0.29, 0.717) is 19.0 Å². The number of morpholine rings is 1. The van der Waals surface area contributed by atoms with Gasteiger partial charge in [0, 0.05) is 31.0 Å². The van der Waals surface area contributed by atoms with Crippen molar-refractivity contribution in [3.63, 3.8) is 0 Å². The lowest BCUT2D eigenvalue weighted by molar-refractivity contribution is 0.0244. The molecule has 1 aliphatic rings. The van der Waals surface area contributed by atoms with Gasteiger partial charge in [-0.25, -0.2) is 4.98 Å². The second kappa shape index (κ2) is 7.56. The number of anilines is 2. The second-order valence-corrected chi connectivity index (χ2v) is 5.52. The lowest BCUT2D eigenvalue weighted by atomic mass is 10.1. The lowest BCUT2D eigenvalue weighted by Crippen LogP contribution is -2.44. The molecule has 0 aliphatic carbocycles. The number of ether oxygens (including phenoxy) is 1. The molecule has 2 heterocycles. The summed E-state index contributed by atoms with van der Waals surface area (Å²) in [7, 11) is 0. The Morgan fingerprint density at radius 3 is 2.95 bits per heavy atom. The summed E-state index contributed by atoms with van der Waals surface area (Å²) in [4.78, 5) is 11.0. The number of hydrogen-bond acceptors (Lipinski definition) is 6. The molecule has 1 atom stereocenters. The molecule has 0 spiro atoms. The fourth-order valence-corrected chi connectivity index (χ4v) is 2.74. The number of aryl methyl sites for hydroxylation is 1. The summed E-state index contributed by atoms with van der Waals surface area (Å²) >= 11 is 0. The summed E-state index contributed by atoms with van der Waals surface area (Å²) < 4.78 is 5.68. The summed E-state index contributed by atoms with van der Waals surface area (Å²) in [6, 6.07) is 0. The molecule has 0 amide bonds. The van der Waals surface area contributed by atoms with Gasteiger partial charge in [-0.3, -0.25) is 0 Å². The van der Waals surface area contributed by atoms with Crippen LogP contribution in [-0.4, -0.2) is 47.5 Å². The van der Waals surface area contributed by atoms with Crippen molar-refractivity contribution in [3.8, 4) is 0 Å². The number of nitrogens with zero attached hydrogens (tertiary/aromatic N) is 3. The third kappa shape index (κ3) is 4.04. The summed E-state index contributed by atoms with van der Waals surface area (Å²) in [6.07, 6.45) is 3.94. The quantitative estimate of drug-likeness (QED) is 0.822. The van der Waals surface area contributed by atoms with Crippen LogP contribution in [0.2, 0.25) is 0 Å². The van der Waals surface area contributed by atoms with E-state index >= 15 is 0 Å². The Kier molecular flexibility index (Phi) is 5.76. The Balaban J connectivity index is 2.23. The van der Waals surface area contributed by atoms with E-state index in [2.05, 4.69) is 21.8 Å². The van der Waals surface area contributed by atoms with E-state index in [9.17, 15) is 0 Å². The van der Waals surface area contributed by atoms with Crippen molar-refractivity contribution in [1.29, 1.82) is 0 Å². The molecule has 1 aromatic rings. The largest absolute Gasteiger partial charge is 0.396 e. The smallest absolute Gasteiger partial charge is 0.222 e. The SMILES string of the molecule is CCCCc1c(C)nc(N)nc1N1CCO[C@H](CCO)C1. The minimum absolute atomic E-state index is 0.0549. The number of hydrogen-bond donors (Lipinski definition) is 2. The Bertz CT molecular complexity index is 465. The van der Waals surface area contributed by atoms with Gasteiger partial charge in [-0.1, -0.05) is 13.3 Å². The highest BCUT2D eigenvalue weighted by Gasteiger charge is 2.24. The minimum Gasteiger partial charge on any atom is -0.396 e. The first kappa shape index (κ1) is 16.0. The third-order valence-electron chi connectivity index (χ3n) is 3.88. The maximum absolute atomic E-state index is 9.09. The molecular formula is C15H26N4O2. The molecule has 6 nitrogen and oxygen atoms in total. The predicted octanol–water partition coefficient (Wildman–Crippen LogP) is 1.30. The van der Waals surface area contributed by atoms with Crippen LogP contribution < -0.4 is 10.6 Å². The molecule has 0 bridgehead atoms. The monoisotopic (exact) mass is 294 g/mol. The van der Waals surface area contributed by atoms with Gasteiger partial charge in [-0.05, 0) is 26.2 Å². The molecule has 6 heteroatoms. The Morgan fingerprint density at radius 2 is 2.24 bits per heavy atom. The Labute approximate surface area is 126 Å². The first-order valence-corrected chi connectivity index (χ1v) is 7.76. The van der Waals surface area contributed by atoms with Crippen molar-refractivity contribution in [3.05, 3.63) is 11.3 Å². The zero-order valence-corrected chi connectivity index (χ0v) is 13.0. The summed E-state index contributed by atoms with van der Waals surface area (Å²) in [5.41, 5.74) is 8.00. The van der Waals surface area contributed by atoms with Crippen LogP contribution in [0.15, 0.2) is 0 Å². The van der Waals surface area contributed by atoms with E-state index in [-0.39, 0.29) is 12.7 Å². The number of rotatable bonds is 6. The molecule has 2 rings (SSSR count). The van der Waals surface area contributed by atoms with E-state index in [1.54, 1.807) is 0 Å². The van der Waals surface area contributed by atoms with E-state index < -0.39 is 0 Å². The summed E-state index contributed by atoms with van der Waals surface area (Å²) in [5.74, 6) is 1.27. The number of aromatic nitrogens is 2. The molecule has 118 valence electrons. The number of unbranched alkanes of at least 4 members (excludes halogenated alkanes) is 1. The molecular weight excluding hydrogens is 268 g/mol. The number of nitrogens with two attached hydrogens (primary N) is 1. The van der Waals surface area contributed by atoms with Crippen molar-refractivity contribution in [2.75, 3.05) is 36.9 Å². The zero-order chi connectivity index (χ0) is 15.2. The molecule has 1 aliphatic heterocycles. The van der Waals surface area contributed by atoms with Gasteiger partial charge in [0.1, 0.15) is 5.82 Å². The molecule has 1 saturated heterocycles. The highest BCUT2D eigenvalue weighted by atomic mass is 16.5. The number of aliphatic hydroxyl groups excluding tert-OH is 1. The Hall–Kier alpha value is -1.40. The minimum atomic E-state index is 0.0549. The highest BCUT2D eigenvalue weighted by molar-refractivity contribution is 5.52. The fourth-order valence-electron chi connectivity index (χ4n) is 2.74. The van der Waals surface area contributed by atoms with Crippen LogP contribution in [0.1, 0.15) is 37.4 Å². The van der Waals surface area contributed by atoms with Crippen LogP contribution in [0.4, 0.5) is 11.8 Å². The van der Waals surface area contributed by atoms with Crippen molar-refractivity contribution in [2.45, 2.75) is 45.6 Å². The number of aliphatic hydroxyl groups is 1. The molecule has 0 aromatic carbocycles. The average Bonchev–Trinajstić information content (AvgIpc) is 2.46. The van der Waals surface area contributed by atoms with Gasteiger partial charge in [-0.2, -0.15) is 4.98 Å². The molecule has 21 heavy (non-hydrogen) atoms. The first-order chi connectivity index (χ1) is 10.2. The van der Waals surface area contributed by atoms with Gasteiger partial charge in [0.05, 0.1) is 12.7 Å². The summed E-state index contributed by atoms with van der Waals surface area (Å²) in [6.45, 7) is 6.52. The predicted molar refractivity (Wildman–Crippen MR) is 83.4 cm³/mol. The van der Waals surface area contributed by atoms with E-state index in [1.165, 1.54) is 5.56 Å². The van der Waals surface area contributed by atoms with E-state index in [0.717, 1.165) is 43.9 Å². The van der Waals surface area contributed by atoms with Gasteiger partial charge >= 0.3 is 0 Å². The highest BCUT2D eigenvalue weighted by Crippen LogP contribution is 2.25. The van der Waals surface area contributed by atoms with Crippen LogP contribution in [0, 0.1) is 6.92 Å². The average molecular weight is 294 g/mol. The first-order valence-electron chi connectivity index (χ1n) is 7.76. The normalized spacial score (nSPS) is 19.0. The molecule has 0 saturated carbocycles. The van der Waals surface area contributed by atoms with Gasteiger partial charge in [0.15, 0.2) is 0 Å². The second-order valence-electron chi connectivity index (χ2n) is 5.52. The van der Waals surface area contributed by atoms with Crippen LogP contribution in [0.5, 0.6) is 0 Å². The van der Waals surface area contributed by atoms with E-state index in [4.69, 9.17) is 15.6 Å². The van der Waals surface area contributed by atoms with Crippen molar-refractivity contribution < 1.29 is 9.84 Å². The molecule has 1 aromatic heterocycles. The zero-order valence-electron chi connectivity index (χ0n) is 13.0. The standard InChI is InChI=1S/C15H26N4O2/c1-3-4-5-13-11(2)17-15(16)18-14(13)19-7-9-21-12(10-19)6-8-20/h12,20H,3-10H2,1-2H3,(H2,16,17,18)/t12-/m1/s1. The van der Waals surface area contributed by atoms with Crippen LogP contribution in [0.25, 0.3) is 0 Å². The fraction of sp³-hybridized carbons (Fsp3) is 0.733. The van der Waals surface area contributed by atoms with Crippen LogP contribution in [-0.2, 0) is 11.2 Å². The Morgan fingerprint density at radius 1 is 1.43 bits per heavy atom. The van der Waals surface area contributed by atoms with Crippen molar-refractivity contribution in [1.82, 2.24) is 9.97 Å². The van der Waals surface area contributed by atoms with Gasteiger partial charge in [0.2, 0.25) is 5.95 Å². The van der Waals surface area contributed by atoms with Crippen molar-refractivity contribution in [2.24, 2.45) is 0 Å². The molecule has 3 N–H and O–H groups in total. The van der Waals surface area contributed by atoms with Gasteiger partial charge in [0.25, 0.3) is 0 Å². The van der Waals surface area contributed by atoms with Crippen LogP contribution >= 0.6 is 0 Å². The summed E-state index contributed by atoms with van der Waals surface area (Å²) in [5, 5.41) is 9.09. The van der Waals surface area contributed by atoms with Crippen molar-refractivity contribution >= 4 is 11.8 Å². The lowest BCUT2D eigenvalue weighted by Gasteiger charge is -2.35. The van der Waals surface area contributed by atoms with E-state index in [1.807, 2.05) is 6.92 Å². The molecule has 0 unspecified atom stereocenters. The van der Waals surface area contributed by atoms with Gasteiger partial charge < -0.3 is 20.5 Å². The molecule has 1 fully saturated rings. The van der Waals surface area contributed by atoms with Crippen LogP contribution in [0.3, 0.4) is 0 Å². The third-order valence-corrected chi connectivity index (χ3v) is 3.88. The van der Waals surface area contributed by atoms with Gasteiger partial charge in [-0.15, -0.1) is 0 Å². The topological polar surface area (TPSA) is 84.5 Å². The maximum Gasteiger partial charge on any atom is 0.222 e. The molecule has 0 radical (unpaired) electrons.